The van der Waals surface area contributed by atoms with Gasteiger partial charge in [0.05, 0.1) is 13.2 Å². The largest absolute Gasteiger partial charge is 0.491 e. The van der Waals surface area contributed by atoms with Crippen molar-refractivity contribution < 1.29 is 18.3 Å². The summed E-state index contributed by atoms with van der Waals surface area (Å²) < 4.78 is 40.4. The van der Waals surface area contributed by atoms with E-state index in [4.69, 9.17) is 9.47 Å². The van der Waals surface area contributed by atoms with Gasteiger partial charge in [-0.25, -0.2) is 8.78 Å². The van der Waals surface area contributed by atoms with E-state index in [0.29, 0.717) is 40.7 Å². The fraction of sp³-hybridized carbons (Fsp3) is 0.333. The third-order valence-corrected chi connectivity index (χ3v) is 4.99. The summed E-state index contributed by atoms with van der Waals surface area (Å²) in [5, 5.41) is 2.22. The summed E-state index contributed by atoms with van der Waals surface area (Å²) in [7, 11) is 0. The monoisotopic (exact) mass is 342 g/mol. The first-order chi connectivity index (χ1) is 12.2. The first-order valence-electron chi connectivity index (χ1n) is 8.78. The van der Waals surface area contributed by atoms with Crippen LogP contribution in [-0.4, -0.2) is 13.2 Å². The average Bonchev–Trinajstić information content (AvgIpc) is 2.58. The lowest BCUT2D eigenvalue weighted by molar-refractivity contribution is 0.176. The van der Waals surface area contributed by atoms with Gasteiger partial charge >= 0.3 is 0 Å². The molecule has 0 aliphatic heterocycles. The number of hydrogen-bond donors (Lipinski definition) is 0. The molecule has 0 bridgehead atoms. The van der Waals surface area contributed by atoms with E-state index >= 15 is 0 Å². The van der Waals surface area contributed by atoms with E-state index in [-0.39, 0.29) is 17.3 Å². The lowest BCUT2D eigenvalue weighted by Crippen LogP contribution is -2.19. The Morgan fingerprint density at radius 2 is 1.32 bits per heavy atom. The van der Waals surface area contributed by atoms with Gasteiger partial charge in [0.2, 0.25) is 0 Å². The molecule has 0 aromatic heterocycles. The Kier molecular flexibility index (Phi) is 4.20. The molecule has 0 saturated heterocycles. The van der Waals surface area contributed by atoms with E-state index in [2.05, 4.69) is 0 Å². The maximum absolute atomic E-state index is 14.8. The van der Waals surface area contributed by atoms with Crippen LogP contribution in [0.15, 0.2) is 36.4 Å². The Balaban J connectivity index is 1.76. The van der Waals surface area contributed by atoms with E-state index in [0.717, 1.165) is 12.8 Å². The zero-order chi connectivity index (χ0) is 17.4. The summed E-state index contributed by atoms with van der Waals surface area (Å²) in [5.74, 6) is 0.234. The van der Waals surface area contributed by atoms with Gasteiger partial charge in [-0.1, -0.05) is 18.6 Å². The Morgan fingerprint density at radius 1 is 0.800 bits per heavy atom. The van der Waals surface area contributed by atoms with Crippen molar-refractivity contribution in [2.45, 2.75) is 26.2 Å². The molecule has 25 heavy (non-hydrogen) atoms. The molecule has 1 aliphatic carbocycles. The molecule has 0 spiro atoms. The van der Waals surface area contributed by atoms with Crippen molar-refractivity contribution in [3.05, 3.63) is 48.0 Å². The highest BCUT2D eigenvalue weighted by molar-refractivity contribution is 6.08. The van der Waals surface area contributed by atoms with Crippen molar-refractivity contribution >= 4 is 21.5 Å². The Morgan fingerprint density at radius 3 is 1.80 bits per heavy atom. The van der Waals surface area contributed by atoms with Crippen LogP contribution in [0.5, 0.6) is 11.5 Å². The van der Waals surface area contributed by atoms with Gasteiger partial charge in [-0.2, -0.15) is 0 Å². The van der Waals surface area contributed by atoms with Crippen molar-refractivity contribution in [3.8, 4) is 11.5 Å². The van der Waals surface area contributed by atoms with Crippen molar-refractivity contribution in [3.63, 3.8) is 0 Å². The minimum atomic E-state index is -0.410. The first-order valence-corrected chi connectivity index (χ1v) is 8.78. The molecule has 0 N–H and O–H groups in total. The SMILES string of the molecule is CCOc1ccc2c(ccc3c(F)c(OCC4CCC4)ccc32)c1F. The predicted octanol–water partition coefficient (Wildman–Crippen LogP) is 5.85. The highest BCUT2D eigenvalue weighted by Gasteiger charge is 2.19. The molecule has 0 unspecified atom stereocenters. The number of hydrogen-bond acceptors (Lipinski definition) is 2. The maximum atomic E-state index is 14.8. The quantitative estimate of drug-likeness (QED) is 0.542. The molecule has 3 aromatic rings. The van der Waals surface area contributed by atoms with Crippen LogP contribution in [0.3, 0.4) is 0 Å². The second kappa shape index (κ2) is 6.51. The Bertz CT molecular complexity index is 932. The van der Waals surface area contributed by atoms with E-state index < -0.39 is 5.82 Å². The van der Waals surface area contributed by atoms with Crippen LogP contribution in [0, 0.1) is 17.6 Å². The number of halogens is 2. The van der Waals surface area contributed by atoms with Crippen molar-refractivity contribution in [2.24, 2.45) is 5.92 Å². The third-order valence-electron chi connectivity index (χ3n) is 4.99. The highest BCUT2D eigenvalue weighted by Crippen LogP contribution is 2.36. The van der Waals surface area contributed by atoms with Gasteiger partial charge in [-0.15, -0.1) is 0 Å². The molecule has 0 radical (unpaired) electrons. The molecule has 4 heteroatoms. The fourth-order valence-corrected chi connectivity index (χ4v) is 3.35. The standard InChI is InChI=1S/C21H20F2O2/c1-2-24-18-10-8-14-15-9-11-19(25-12-13-4-3-5-13)21(23)17(15)7-6-16(14)20(18)22/h6-11,13H,2-5,12H2,1H3. The number of fused-ring (bicyclic) bond motifs is 3. The van der Waals surface area contributed by atoms with Gasteiger partial charge < -0.3 is 9.47 Å². The second-order valence-electron chi connectivity index (χ2n) is 6.55. The van der Waals surface area contributed by atoms with Gasteiger partial charge in [0.1, 0.15) is 0 Å². The topological polar surface area (TPSA) is 18.5 Å². The van der Waals surface area contributed by atoms with Gasteiger partial charge in [0.15, 0.2) is 23.1 Å². The summed E-state index contributed by atoms with van der Waals surface area (Å²) >= 11 is 0. The van der Waals surface area contributed by atoms with Crippen LogP contribution in [0.1, 0.15) is 26.2 Å². The zero-order valence-electron chi connectivity index (χ0n) is 14.1. The molecule has 0 amide bonds. The maximum Gasteiger partial charge on any atom is 0.172 e. The lowest BCUT2D eigenvalue weighted by Gasteiger charge is -2.25. The van der Waals surface area contributed by atoms with Gasteiger partial charge in [0, 0.05) is 10.8 Å². The predicted molar refractivity (Wildman–Crippen MR) is 95.4 cm³/mol. The van der Waals surface area contributed by atoms with Crippen LogP contribution in [-0.2, 0) is 0 Å². The van der Waals surface area contributed by atoms with Crippen molar-refractivity contribution in [1.82, 2.24) is 0 Å². The van der Waals surface area contributed by atoms with Crippen LogP contribution in [0.25, 0.3) is 21.5 Å². The van der Waals surface area contributed by atoms with Crippen molar-refractivity contribution in [2.75, 3.05) is 13.2 Å². The van der Waals surface area contributed by atoms with E-state index in [1.54, 1.807) is 36.4 Å². The smallest absolute Gasteiger partial charge is 0.172 e. The minimum Gasteiger partial charge on any atom is -0.491 e. The number of ether oxygens (including phenoxy) is 2. The zero-order valence-corrected chi connectivity index (χ0v) is 14.1. The van der Waals surface area contributed by atoms with Crippen molar-refractivity contribution in [1.29, 1.82) is 0 Å². The molecule has 130 valence electrons. The summed E-state index contributed by atoms with van der Waals surface area (Å²) in [6.45, 7) is 2.76. The molecule has 1 fully saturated rings. The normalized spacial score (nSPS) is 14.7. The van der Waals surface area contributed by atoms with E-state index in [1.165, 1.54) is 6.42 Å². The third kappa shape index (κ3) is 2.80. The Labute approximate surface area is 145 Å². The lowest BCUT2D eigenvalue weighted by atomic mass is 9.86. The van der Waals surface area contributed by atoms with E-state index in [1.807, 2.05) is 6.92 Å². The average molecular weight is 342 g/mol. The highest BCUT2D eigenvalue weighted by atomic mass is 19.1. The van der Waals surface area contributed by atoms with Gasteiger partial charge in [-0.3, -0.25) is 0 Å². The molecule has 4 rings (SSSR count). The van der Waals surface area contributed by atoms with E-state index in [9.17, 15) is 8.78 Å². The fourth-order valence-electron chi connectivity index (χ4n) is 3.35. The second-order valence-corrected chi connectivity index (χ2v) is 6.55. The van der Waals surface area contributed by atoms with Gasteiger partial charge in [-0.05, 0) is 60.7 Å². The summed E-state index contributed by atoms with van der Waals surface area (Å²) in [6.07, 6.45) is 3.54. The van der Waals surface area contributed by atoms with Crippen LogP contribution >= 0.6 is 0 Å². The summed E-state index contributed by atoms with van der Waals surface area (Å²) in [4.78, 5) is 0. The molecular formula is C21H20F2O2. The molecule has 1 aliphatic rings. The molecule has 0 heterocycles. The molecule has 2 nitrogen and oxygen atoms in total. The number of rotatable bonds is 5. The minimum absolute atomic E-state index is 0.218. The van der Waals surface area contributed by atoms with Crippen LogP contribution < -0.4 is 9.47 Å². The molecule has 3 aromatic carbocycles. The molecule has 0 atom stereocenters. The number of benzene rings is 3. The first kappa shape index (κ1) is 16.1. The van der Waals surface area contributed by atoms with Crippen LogP contribution in [0.2, 0.25) is 0 Å². The summed E-state index contributed by atoms with van der Waals surface area (Å²) in [6, 6.07) is 10.0. The molecular weight excluding hydrogens is 322 g/mol. The summed E-state index contributed by atoms with van der Waals surface area (Å²) in [5.41, 5.74) is 0. The molecule has 1 saturated carbocycles. The van der Waals surface area contributed by atoms with Crippen LogP contribution in [0.4, 0.5) is 8.78 Å². The van der Waals surface area contributed by atoms with Gasteiger partial charge in [0.25, 0.3) is 0 Å². The Hall–Kier alpha value is -2.36.